The van der Waals surface area contributed by atoms with Gasteiger partial charge in [0.25, 0.3) is 0 Å². The van der Waals surface area contributed by atoms with Crippen LogP contribution in [0.5, 0.6) is 0 Å². The van der Waals surface area contributed by atoms with Crippen molar-refractivity contribution in [1.29, 1.82) is 0 Å². The Morgan fingerprint density at radius 1 is 0.152 bits per heavy atom. The third-order valence-electron chi connectivity index (χ3n) is 23.4. The Morgan fingerprint density at radius 3 is 0.839 bits per heavy atom. The molecule has 0 atom stereocenters. The van der Waals surface area contributed by atoms with E-state index in [1.54, 1.807) is 0 Å². The summed E-state index contributed by atoms with van der Waals surface area (Å²) in [6.07, 6.45) is 0. The topological polar surface area (TPSA) is 26.2 Å². The molecule has 0 aliphatic rings. The van der Waals surface area contributed by atoms with Gasteiger partial charge in [0.05, 0.1) is 44.1 Å². The molecule has 19 aromatic carbocycles. The first-order chi connectivity index (χ1) is 55.5. The number of benzene rings is 19. The molecule has 0 unspecified atom stereocenters. The minimum atomic E-state index is 1.07. The van der Waals surface area contributed by atoms with E-state index < -0.39 is 0 Å². The maximum Gasteiger partial charge on any atom is 0.0619 e. The highest BCUT2D eigenvalue weighted by atomic mass is 15.1. The quantitative estimate of drug-likeness (QED) is 0.122. The lowest BCUT2D eigenvalue weighted by molar-refractivity contribution is 1.18. The summed E-state index contributed by atoms with van der Waals surface area (Å²) < 4.78 is 9.79. The van der Waals surface area contributed by atoms with Gasteiger partial charge in [0, 0.05) is 111 Å². The molecule has 23 rings (SSSR count). The SMILES string of the molecule is c1ccc(-n2c3ccccc3c3cc(-c4ccc(N(c5ccc6ccccc6c5)c5ccc6c(ccc7c8c9c%10ccc%11cc(N(c%12ccc(-c%13ccc%14c(c%13)c%13ccccc%13n%14-c%13ccccc%13)cc%12)c%12ccc%13ccccc%13c%12)ccc%11c%10n(-c%10ccccc%10)c9ccc8n(-c8ccccc8)c67)c5)cc4)ccc32)cc1. The first-order valence-electron chi connectivity index (χ1n) is 38.5. The normalized spacial score (nSPS) is 11.9. The lowest BCUT2D eigenvalue weighted by Gasteiger charge is -2.26. The van der Waals surface area contributed by atoms with Crippen LogP contribution < -0.4 is 9.80 Å². The summed E-state index contributed by atoms with van der Waals surface area (Å²) in [7, 11) is 0. The molecular formula is C106H68N6. The van der Waals surface area contributed by atoms with E-state index in [9.17, 15) is 0 Å². The van der Waals surface area contributed by atoms with Crippen molar-refractivity contribution in [2.75, 3.05) is 9.80 Å². The fourth-order valence-electron chi connectivity index (χ4n) is 18.3. The molecule has 0 N–H and O–H groups in total. The smallest absolute Gasteiger partial charge is 0.0619 e. The fourth-order valence-corrected chi connectivity index (χ4v) is 18.3. The molecule has 4 heterocycles. The van der Waals surface area contributed by atoms with Crippen molar-refractivity contribution in [3.8, 4) is 45.0 Å². The third kappa shape index (κ3) is 9.99. The lowest BCUT2D eigenvalue weighted by Crippen LogP contribution is -2.10. The first-order valence-corrected chi connectivity index (χ1v) is 38.5. The van der Waals surface area contributed by atoms with Crippen molar-refractivity contribution in [3.63, 3.8) is 0 Å². The third-order valence-corrected chi connectivity index (χ3v) is 23.4. The van der Waals surface area contributed by atoms with Gasteiger partial charge in [-0.1, -0.05) is 243 Å². The lowest BCUT2D eigenvalue weighted by atomic mass is 10.00. The molecule has 0 spiro atoms. The van der Waals surface area contributed by atoms with Gasteiger partial charge in [-0.05, 0) is 224 Å². The first kappa shape index (κ1) is 63.1. The van der Waals surface area contributed by atoms with Crippen LogP contribution >= 0.6 is 0 Å². The molecule has 0 aliphatic carbocycles. The Bertz CT molecular complexity index is 7260. The van der Waals surface area contributed by atoms with Gasteiger partial charge in [0.15, 0.2) is 0 Å². The second-order valence-electron chi connectivity index (χ2n) is 29.6. The van der Waals surface area contributed by atoms with Crippen LogP contribution in [0.25, 0.3) is 175 Å². The highest BCUT2D eigenvalue weighted by Gasteiger charge is 2.26. The summed E-state index contributed by atoms with van der Waals surface area (Å²) in [5.74, 6) is 0. The summed E-state index contributed by atoms with van der Waals surface area (Å²) in [5, 5.41) is 19.2. The van der Waals surface area contributed by atoms with Crippen molar-refractivity contribution in [2.45, 2.75) is 0 Å². The van der Waals surface area contributed by atoms with Gasteiger partial charge in [0.2, 0.25) is 0 Å². The summed E-state index contributed by atoms with van der Waals surface area (Å²) in [5.41, 5.74) is 25.1. The Hall–Kier alpha value is -15.0. The van der Waals surface area contributed by atoms with Crippen LogP contribution in [0.3, 0.4) is 0 Å². The van der Waals surface area contributed by atoms with Crippen LogP contribution in [-0.4, -0.2) is 18.3 Å². The van der Waals surface area contributed by atoms with E-state index in [0.717, 1.165) is 89.8 Å². The Morgan fingerprint density at radius 2 is 0.438 bits per heavy atom. The summed E-state index contributed by atoms with van der Waals surface area (Å²) in [4.78, 5) is 4.84. The summed E-state index contributed by atoms with van der Waals surface area (Å²) in [6, 6.07) is 152. The van der Waals surface area contributed by atoms with E-state index in [-0.39, 0.29) is 0 Å². The van der Waals surface area contributed by atoms with Gasteiger partial charge in [-0.3, -0.25) is 0 Å². The second kappa shape index (κ2) is 25.3. The molecule has 6 heteroatoms. The monoisotopic (exact) mass is 1420 g/mol. The maximum absolute atomic E-state index is 2.51. The van der Waals surface area contributed by atoms with E-state index >= 15 is 0 Å². The van der Waals surface area contributed by atoms with Crippen LogP contribution in [0.15, 0.2) is 413 Å². The Labute approximate surface area is 645 Å². The van der Waals surface area contributed by atoms with Crippen LogP contribution in [-0.2, 0) is 0 Å². The number of anilines is 6. The minimum absolute atomic E-state index is 1.07. The Balaban J connectivity index is 0.665. The highest BCUT2D eigenvalue weighted by Crippen LogP contribution is 2.49. The molecule has 112 heavy (non-hydrogen) atoms. The van der Waals surface area contributed by atoms with E-state index in [2.05, 4.69) is 441 Å². The summed E-state index contributed by atoms with van der Waals surface area (Å²) >= 11 is 0. The van der Waals surface area contributed by atoms with Gasteiger partial charge in [-0.2, -0.15) is 0 Å². The molecule has 0 aliphatic heterocycles. The molecule has 522 valence electrons. The largest absolute Gasteiger partial charge is 0.310 e. The molecule has 0 saturated carbocycles. The molecular weight excluding hydrogens is 1360 g/mol. The standard InChI is InChI=1S/C106H68N6/c1-5-25-79(26-6-1)109-97-35-19-17-33-91(97)95-67-75(45-59-99(95)109)71-37-47-83(48-38-71)107(85-51-41-69-21-13-15-23-73(69)63-85)87-53-57-89-77(65-87)43-55-93-103-101(111(105(89)93)81-29-9-3-10-30-81)61-62-102-104(103)94-56-44-78-66-88(54-58-90(78)106(94)112(102)82-31-11-4-12-32-82)108(86-52-42-70-22-14-16-24-74(70)64-86)84-49-39-72(40-50-84)76-46-60-100-96(68-76)92-34-18-20-36-98(92)110(100)80-27-7-2-8-28-80/h1-68H. The fraction of sp³-hybridized carbons (Fsp3) is 0. The van der Waals surface area contributed by atoms with E-state index in [1.807, 2.05) is 0 Å². The van der Waals surface area contributed by atoms with Crippen LogP contribution in [0.2, 0.25) is 0 Å². The van der Waals surface area contributed by atoms with Crippen LogP contribution in [0.1, 0.15) is 0 Å². The summed E-state index contributed by atoms with van der Waals surface area (Å²) in [6.45, 7) is 0. The van der Waals surface area contributed by atoms with Crippen molar-refractivity contribution >= 4 is 164 Å². The number of hydrogen-bond donors (Lipinski definition) is 0. The number of aromatic nitrogens is 4. The molecule has 0 fully saturated rings. The van der Waals surface area contributed by atoms with E-state index in [1.165, 1.54) is 120 Å². The van der Waals surface area contributed by atoms with E-state index in [0.29, 0.717) is 0 Å². The van der Waals surface area contributed by atoms with Crippen molar-refractivity contribution in [2.24, 2.45) is 0 Å². The van der Waals surface area contributed by atoms with Gasteiger partial charge >= 0.3 is 0 Å². The molecule has 6 nitrogen and oxygen atoms in total. The zero-order valence-corrected chi connectivity index (χ0v) is 60.9. The zero-order valence-electron chi connectivity index (χ0n) is 60.9. The number of para-hydroxylation sites is 6. The molecule has 23 aromatic rings. The maximum atomic E-state index is 2.51. The number of nitrogens with zero attached hydrogens (tertiary/aromatic N) is 6. The predicted molar refractivity (Wildman–Crippen MR) is 474 cm³/mol. The number of fused-ring (bicyclic) bond motifs is 19. The average Bonchev–Trinajstić information content (AvgIpc) is 1.53. The van der Waals surface area contributed by atoms with E-state index in [4.69, 9.17) is 0 Å². The van der Waals surface area contributed by atoms with Crippen molar-refractivity contribution in [1.82, 2.24) is 18.3 Å². The molecule has 0 bridgehead atoms. The highest BCUT2D eigenvalue weighted by molar-refractivity contribution is 6.33. The van der Waals surface area contributed by atoms with Gasteiger partial charge in [-0.25, -0.2) is 0 Å². The molecule has 0 amide bonds. The predicted octanol–water partition coefficient (Wildman–Crippen LogP) is 29.0. The second-order valence-corrected chi connectivity index (χ2v) is 29.6. The van der Waals surface area contributed by atoms with Crippen molar-refractivity contribution in [3.05, 3.63) is 413 Å². The zero-order chi connectivity index (χ0) is 73.5. The number of hydrogen-bond acceptors (Lipinski definition) is 2. The minimum Gasteiger partial charge on any atom is -0.310 e. The van der Waals surface area contributed by atoms with Gasteiger partial charge in [0.1, 0.15) is 0 Å². The van der Waals surface area contributed by atoms with Crippen LogP contribution in [0.4, 0.5) is 34.1 Å². The molecule has 0 radical (unpaired) electrons. The molecule has 4 aromatic heterocycles. The van der Waals surface area contributed by atoms with Gasteiger partial charge in [-0.15, -0.1) is 0 Å². The number of rotatable bonds is 12. The molecule has 0 saturated heterocycles. The van der Waals surface area contributed by atoms with Crippen molar-refractivity contribution < 1.29 is 0 Å². The average molecular weight is 1430 g/mol. The van der Waals surface area contributed by atoms with Gasteiger partial charge < -0.3 is 28.1 Å². The van der Waals surface area contributed by atoms with Crippen LogP contribution in [0, 0.1) is 0 Å². The Kier molecular flexibility index (Phi) is 14.3.